The van der Waals surface area contributed by atoms with E-state index in [4.69, 9.17) is 5.73 Å². The number of nitrogens with two attached hydrogens (primary N) is 1. The number of carbonyl (C=O) groups is 1. The van der Waals surface area contributed by atoms with Crippen molar-refractivity contribution >= 4 is 11.6 Å². The Bertz CT molecular complexity index is 784. The molecule has 1 atom stereocenters. The highest BCUT2D eigenvalue weighted by Crippen LogP contribution is 2.27. The number of halogens is 1. The summed E-state index contributed by atoms with van der Waals surface area (Å²) in [5.41, 5.74) is 6.74. The highest BCUT2D eigenvalue weighted by molar-refractivity contribution is 5.99. The summed E-state index contributed by atoms with van der Waals surface area (Å²) in [7, 11) is 0. The number of nitrogens with zero attached hydrogens (tertiary/aromatic N) is 4. The zero-order chi connectivity index (χ0) is 17.4. The van der Waals surface area contributed by atoms with E-state index < -0.39 is 11.9 Å². The van der Waals surface area contributed by atoms with Gasteiger partial charge in [0.2, 0.25) is 5.91 Å². The quantitative estimate of drug-likeness (QED) is 0.917. The number of anilines is 1. The number of hydrogen-bond donors (Lipinski definition) is 1. The Morgan fingerprint density at radius 1 is 1.24 bits per heavy atom. The van der Waals surface area contributed by atoms with E-state index in [1.54, 1.807) is 12.3 Å². The fraction of sp³-hybridized carbons (Fsp3) is 0.444. The number of amides is 1. The molecule has 0 radical (unpaired) electrons. The molecule has 2 saturated heterocycles. The zero-order valence-corrected chi connectivity index (χ0v) is 14.1. The normalized spacial score (nSPS) is 21.4. The predicted octanol–water partition coefficient (Wildman–Crippen LogP) is 1.67. The maximum Gasteiger partial charge on any atom is 0.244 e. The van der Waals surface area contributed by atoms with Crippen LogP contribution in [0.5, 0.6) is 0 Å². The second kappa shape index (κ2) is 6.57. The third-order valence-electron chi connectivity index (χ3n) is 5.03. The fourth-order valence-electron chi connectivity index (χ4n) is 3.63. The van der Waals surface area contributed by atoms with Gasteiger partial charge < -0.3 is 15.2 Å². The van der Waals surface area contributed by atoms with Crippen LogP contribution >= 0.6 is 0 Å². The van der Waals surface area contributed by atoms with Crippen LogP contribution < -0.4 is 10.6 Å². The Hall–Kier alpha value is -2.25. The first kappa shape index (κ1) is 16.2. The minimum atomic E-state index is -0.528. The van der Waals surface area contributed by atoms with E-state index in [1.165, 1.54) is 23.8 Å². The third kappa shape index (κ3) is 3.05. The van der Waals surface area contributed by atoms with Crippen molar-refractivity contribution in [2.45, 2.75) is 31.8 Å². The van der Waals surface area contributed by atoms with Crippen LogP contribution in [-0.2, 0) is 11.3 Å². The summed E-state index contributed by atoms with van der Waals surface area (Å²) >= 11 is 0. The monoisotopic (exact) mass is 343 g/mol. The van der Waals surface area contributed by atoms with E-state index in [2.05, 4.69) is 9.88 Å². The van der Waals surface area contributed by atoms with Gasteiger partial charge in [-0.15, -0.1) is 0 Å². The molecule has 4 rings (SSSR count). The van der Waals surface area contributed by atoms with Gasteiger partial charge in [-0.2, -0.15) is 0 Å². The van der Waals surface area contributed by atoms with Gasteiger partial charge in [0, 0.05) is 30.7 Å². The number of rotatable bonds is 4. The Balaban J connectivity index is 1.59. The molecule has 6 nitrogen and oxygen atoms in total. The first-order chi connectivity index (χ1) is 12.1. The Kier molecular flexibility index (Phi) is 4.27. The second-order valence-electron chi connectivity index (χ2n) is 6.72. The molecular formula is C18H22FN5O. The summed E-state index contributed by atoms with van der Waals surface area (Å²) in [5, 5.41) is 0. The van der Waals surface area contributed by atoms with E-state index >= 15 is 0 Å². The molecule has 0 saturated carbocycles. The van der Waals surface area contributed by atoms with E-state index in [0.717, 1.165) is 25.5 Å². The van der Waals surface area contributed by atoms with E-state index in [1.807, 2.05) is 16.8 Å². The summed E-state index contributed by atoms with van der Waals surface area (Å²) < 4.78 is 16.6. The molecular weight excluding hydrogens is 321 g/mol. The maximum atomic E-state index is 14.7. The average Bonchev–Trinajstić information content (AvgIpc) is 3.33. The topological polar surface area (TPSA) is 67.4 Å². The molecule has 1 amide bonds. The summed E-state index contributed by atoms with van der Waals surface area (Å²) in [4.78, 5) is 20.2. The van der Waals surface area contributed by atoms with Gasteiger partial charge in [0.05, 0.1) is 18.3 Å². The molecule has 0 bridgehead atoms. The lowest BCUT2D eigenvalue weighted by Gasteiger charge is -2.19. The van der Waals surface area contributed by atoms with E-state index in [-0.39, 0.29) is 5.91 Å². The van der Waals surface area contributed by atoms with Gasteiger partial charge in [-0.1, -0.05) is 0 Å². The van der Waals surface area contributed by atoms with Crippen molar-refractivity contribution in [3.63, 3.8) is 0 Å². The van der Waals surface area contributed by atoms with E-state index in [0.29, 0.717) is 24.3 Å². The minimum absolute atomic E-state index is 0.219. The van der Waals surface area contributed by atoms with Crippen molar-refractivity contribution in [2.75, 3.05) is 24.5 Å². The van der Waals surface area contributed by atoms with Crippen LogP contribution in [0.4, 0.5) is 10.1 Å². The number of hydrogen-bond acceptors (Lipinski definition) is 4. The Morgan fingerprint density at radius 2 is 2.04 bits per heavy atom. The second-order valence-corrected chi connectivity index (χ2v) is 6.72. The van der Waals surface area contributed by atoms with Crippen molar-refractivity contribution in [1.82, 2.24) is 14.5 Å². The summed E-state index contributed by atoms with van der Waals surface area (Å²) in [5.74, 6) is 0.262. The van der Waals surface area contributed by atoms with Crippen LogP contribution in [0.2, 0.25) is 0 Å². The van der Waals surface area contributed by atoms with Crippen LogP contribution in [0.3, 0.4) is 0 Å². The smallest absolute Gasteiger partial charge is 0.244 e. The predicted molar refractivity (Wildman–Crippen MR) is 93.0 cm³/mol. The lowest BCUT2D eigenvalue weighted by atomic mass is 10.2. The number of aromatic nitrogens is 2. The van der Waals surface area contributed by atoms with Crippen molar-refractivity contribution in [2.24, 2.45) is 5.73 Å². The highest BCUT2D eigenvalue weighted by atomic mass is 19.1. The molecule has 0 aliphatic carbocycles. The number of likely N-dealkylation sites (tertiary alicyclic amines) is 1. The number of carbonyl (C=O) groups excluding carboxylic acids is 1. The molecule has 2 aliphatic heterocycles. The third-order valence-corrected chi connectivity index (χ3v) is 5.03. The molecule has 1 unspecified atom stereocenters. The molecule has 1 aromatic carbocycles. The first-order valence-electron chi connectivity index (χ1n) is 8.75. The van der Waals surface area contributed by atoms with Gasteiger partial charge in [0.1, 0.15) is 11.6 Å². The van der Waals surface area contributed by atoms with Crippen LogP contribution in [0.25, 0.3) is 5.69 Å². The number of imidazole rings is 1. The van der Waals surface area contributed by atoms with Crippen molar-refractivity contribution in [3.05, 3.63) is 42.2 Å². The molecule has 1 aromatic heterocycles. The van der Waals surface area contributed by atoms with Crippen molar-refractivity contribution in [1.29, 1.82) is 0 Å². The Labute approximate surface area is 146 Å². The molecule has 2 aromatic rings. The van der Waals surface area contributed by atoms with Crippen LogP contribution in [-0.4, -0.2) is 46.0 Å². The molecule has 25 heavy (non-hydrogen) atoms. The van der Waals surface area contributed by atoms with Crippen LogP contribution in [0, 0.1) is 5.82 Å². The molecule has 2 fully saturated rings. The molecule has 3 heterocycles. The van der Waals surface area contributed by atoms with Gasteiger partial charge in [-0.3, -0.25) is 9.69 Å². The molecule has 7 heteroatoms. The standard InChI is InChI=1S/C18H22FN5O/c19-14-11-13(3-4-16(14)24-9-5-15(20)18(24)25)23-10-6-21-17(23)12-22-7-1-2-8-22/h3-4,6,10-11,15H,1-2,5,7-9,12,20H2. The van der Waals surface area contributed by atoms with Crippen LogP contribution in [0.1, 0.15) is 25.1 Å². The summed E-state index contributed by atoms with van der Waals surface area (Å²) in [6, 6.07) is 4.41. The highest BCUT2D eigenvalue weighted by Gasteiger charge is 2.31. The molecule has 0 spiro atoms. The van der Waals surface area contributed by atoms with Gasteiger partial charge in [-0.25, -0.2) is 9.37 Å². The first-order valence-corrected chi connectivity index (χ1v) is 8.75. The van der Waals surface area contributed by atoms with E-state index in [9.17, 15) is 9.18 Å². The van der Waals surface area contributed by atoms with Crippen molar-refractivity contribution < 1.29 is 9.18 Å². The lowest BCUT2D eigenvalue weighted by Crippen LogP contribution is -2.34. The zero-order valence-electron chi connectivity index (χ0n) is 14.1. The average molecular weight is 343 g/mol. The van der Waals surface area contributed by atoms with Gasteiger partial charge >= 0.3 is 0 Å². The van der Waals surface area contributed by atoms with Gasteiger partial charge in [0.25, 0.3) is 0 Å². The fourth-order valence-corrected chi connectivity index (χ4v) is 3.63. The molecule has 2 N–H and O–H groups in total. The SMILES string of the molecule is NC1CCN(c2ccc(-n3ccnc3CN3CCCC3)cc2F)C1=O. The largest absolute Gasteiger partial charge is 0.320 e. The minimum Gasteiger partial charge on any atom is -0.320 e. The lowest BCUT2D eigenvalue weighted by molar-refractivity contribution is -0.118. The van der Waals surface area contributed by atoms with Crippen molar-refractivity contribution in [3.8, 4) is 5.69 Å². The van der Waals surface area contributed by atoms with Gasteiger partial charge in [-0.05, 0) is 44.5 Å². The summed E-state index contributed by atoms with van der Waals surface area (Å²) in [6.45, 7) is 3.38. The van der Waals surface area contributed by atoms with Crippen LogP contribution in [0.15, 0.2) is 30.6 Å². The molecule has 2 aliphatic rings. The number of benzene rings is 1. The summed E-state index contributed by atoms with van der Waals surface area (Å²) in [6.07, 6.45) is 6.57. The van der Waals surface area contributed by atoms with Gasteiger partial charge in [0.15, 0.2) is 0 Å². The maximum absolute atomic E-state index is 14.7. The molecule has 132 valence electrons. The Morgan fingerprint density at radius 3 is 2.72 bits per heavy atom.